The van der Waals surface area contributed by atoms with E-state index in [0.717, 1.165) is 11.1 Å². The van der Waals surface area contributed by atoms with Gasteiger partial charge in [-0.2, -0.15) is 0 Å². The maximum absolute atomic E-state index is 12.2. The Bertz CT molecular complexity index is 744. The first-order valence-corrected chi connectivity index (χ1v) is 7.86. The predicted octanol–water partition coefficient (Wildman–Crippen LogP) is 4.19. The van der Waals surface area contributed by atoms with Crippen LogP contribution in [0.25, 0.3) is 0 Å². The third-order valence-electron chi connectivity index (χ3n) is 3.40. The van der Waals surface area contributed by atoms with E-state index in [1.807, 2.05) is 32.0 Å². The van der Waals surface area contributed by atoms with Crippen molar-refractivity contribution in [1.82, 2.24) is 0 Å². The Kier molecular flexibility index (Phi) is 4.82. The molecular formula is C16H16N2O3S. The van der Waals surface area contributed by atoms with Gasteiger partial charge in [0.25, 0.3) is 11.6 Å². The number of thioether (sulfide) groups is 1. The molecule has 2 aromatic carbocycles. The molecule has 114 valence electrons. The van der Waals surface area contributed by atoms with E-state index >= 15 is 0 Å². The van der Waals surface area contributed by atoms with Crippen LogP contribution in [0.5, 0.6) is 0 Å². The molecule has 0 bridgehead atoms. The summed E-state index contributed by atoms with van der Waals surface area (Å²) in [5, 5.41) is 13.8. The highest BCUT2D eigenvalue weighted by Gasteiger charge is 2.17. The van der Waals surface area contributed by atoms with Crippen molar-refractivity contribution in [1.29, 1.82) is 0 Å². The van der Waals surface area contributed by atoms with Crippen LogP contribution in [0.3, 0.4) is 0 Å². The number of carbonyl (C=O) groups excluding carboxylic acids is 1. The first-order valence-electron chi connectivity index (χ1n) is 6.63. The van der Waals surface area contributed by atoms with Crippen molar-refractivity contribution in [2.45, 2.75) is 18.7 Å². The topological polar surface area (TPSA) is 72.2 Å². The number of nitrogens with zero attached hydrogens (tertiary/aromatic N) is 1. The number of hydrogen-bond donors (Lipinski definition) is 1. The lowest BCUT2D eigenvalue weighted by Gasteiger charge is -2.08. The molecule has 5 nitrogen and oxygen atoms in total. The molecule has 0 unspecified atom stereocenters. The first kappa shape index (κ1) is 16.0. The van der Waals surface area contributed by atoms with Gasteiger partial charge in [0.2, 0.25) is 0 Å². The molecule has 0 aliphatic heterocycles. The zero-order valence-corrected chi connectivity index (χ0v) is 13.4. The number of benzene rings is 2. The third-order valence-corrected chi connectivity index (χ3v) is 4.19. The largest absolute Gasteiger partial charge is 0.322 e. The minimum Gasteiger partial charge on any atom is -0.322 e. The van der Waals surface area contributed by atoms with Gasteiger partial charge in [0, 0.05) is 17.3 Å². The zero-order chi connectivity index (χ0) is 16.3. The summed E-state index contributed by atoms with van der Waals surface area (Å²) in [4.78, 5) is 23.4. The third kappa shape index (κ3) is 3.46. The van der Waals surface area contributed by atoms with Crippen molar-refractivity contribution >= 4 is 29.0 Å². The number of nitro benzene ring substituents is 1. The molecule has 6 heteroatoms. The highest BCUT2D eigenvalue weighted by molar-refractivity contribution is 7.98. The van der Waals surface area contributed by atoms with Crippen LogP contribution in [-0.4, -0.2) is 17.1 Å². The van der Waals surface area contributed by atoms with Crippen molar-refractivity contribution in [2.75, 3.05) is 11.6 Å². The van der Waals surface area contributed by atoms with Crippen LogP contribution in [0, 0.1) is 24.0 Å². The summed E-state index contributed by atoms with van der Waals surface area (Å²) >= 11 is 1.28. The van der Waals surface area contributed by atoms with E-state index < -0.39 is 4.92 Å². The average Bonchev–Trinajstić information content (AvgIpc) is 2.50. The lowest BCUT2D eigenvalue weighted by molar-refractivity contribution is -0.387. The van der Waals surface area contributed by atoms with Crippen LogP contribution >= 0.6 is 11.8 Å². The second-order valence-electron chi connectivity index (χ2n) is 4.90. The predicted molar refractivity (Wildman–Crippen MR) is 88.7 cm³/mol. The molecule has 1 N–H and O–H groups in total. The number of hydrogen-bond acceptors (Lipinski definition) is 4. The number of aryl methyl sites for hydroxylation is 2. The molecule has 0 saturated heterocycles. The van der Waals surface area contributed by atoms with Gasteiger partial charge in [0.05, 0.1) is 9.82 Å². The molecule has 2 rings (SSSR count). The van der Waals surface area contributed by atoms with Crippen molar-refractivity contribution in [3.8, 4) is 0 Å². The van der Waals surface area contributed by atoms with E-state index in [4.69, 9.17) is 0 Å². The number of carbonyl (C=O) groups is 1. The Morgan fingerprint density at radius 1 is 1.14 bits per heavy atom. The first-order chi connectivity index (χ1) is 10.4. The molecule has 0 aliphatic rings. The number of rotatable bonds is 4. The molecule has 0 saturated carbocycles. The Hall–Kier alpha value is -2.34. The molecule has 1 amide bonds. The standard InChI is InChI=1S/C16H16N2O3S/c1-10-4-6-13(8-11(10)2)17-16(19)12-5-7-15(22-3)14(9-12)18(20)21/h4-9H,1-3H3,(H,17,19). The number of nitrogens with one attached hydrogen (secondary N) is 1. The summed E-state index contributed by atoms with van der Waals surface area (Å²) in [6, 6.07) is 10.1. The smallest absolute Gasteiger partial charge is 0.283 e. The summed E-state index contributed by atoms with van der Waals surface area (Å²) in [7, 11) is 0. The Balaban J connectivity index is 2.27. The summed E-state index contributed by atoms with van der Waals surface area (Å²) in [6.07, 6.45) is 1.76. The molecule has 0 heterocycles. The van der Waals surface area contributed by atoms with Crippen molar-refractivity contribution < 1.29 is 9.72 Å². The Morgan fingerprint density at radius 2 is 1.86 bits per heavy atom. The van der Waals surface area contributed by atoms with Gasteiger partial charge in [-0.15, -0.1) is 11.8 Å². The molecule has 0 aliphatic carbocycles. The van der Waals surface area contributed by atoms with Gasteiger partial charge in [-0.1, -0.05) is 6.07 Å². The fraction of sp³-hybridized carbons (Fsp3) is 0.188. The number of anilines is 1. The normalized spacial score (nSPS) is 10.3. The molecule has 0 radical (unpaired) electrons. The van der Waals surface area contributed by atoms with Crippen LogP contribution in [0.1, 0.15) is 21.5 Å². The van der Waals surface area contributed by atoms with Crippen molar-refractivity contribution in [2.24, 2.45) is 0 Å². The Morgan fingerprint density at radius 3 is 2.45 bits per heavy atom. The average molecular weight is 316 g/mol. The minimum absolute atomic E-state index is 0.0553. The maximum atomic E-state index is 12.2. The van der Waals surface area contributed by atoms with Crippen LogP contribution in [-0.2, 0) is 0 Å². The van der Waals surface area contributed by atoms with E-state index in [2.05, 4.69) is 5.32 Å². The van der Waals surface area contributed by atoms with E-state index in [1.165, 1.54) is 17.8 Å². The van der Waals surface area contributed by atoms with Crippen LogP contribution in [0.15, 0.2) is 41.3 Å². The van der Waals surface area contributed by atoms with E-state index in [1.54, 1.807) is 18.4 Å². The summed E-state index contributed by atoms with van der Waals surface area (Å²) in [5.74, 6) is -0.362. The maximum Gasteiger partial charge on any atom is 0.283 e. The highest BCUT2D eigenvalue weighted by atomic mass is 32.2. The van der Waals surface area contributed by atoms with Gasteiger partial charge in [-0.05, 0) is 55.5 Å². The fourth-order valence-electron chi connectivity index (χ4n) is 2.00. The second kappa shape index (κ2) is 6.62. The minimum atomic E-state index is -0.474. The molecule has 0 spiro atoms. The van der Waals surface area contributed by atoms with E-state index in [9.17, 15) is 14.9 Å². The SMILES string of the molecule is CSc1ccc(C(=O)Nc2ccc(C)c(C)c2)cc1[N+](=O)[O-]. The molecule has 0 atom stereocenters. The molecule has 2 aromatic rings. The monoisotopic (exact) mass is 316 g/mol. The number of nitro groups is 1. The molecular weight excluding hydrogens is 300 g/mol. The lowest BCUT2D eigenvalue weighted by Crippen LogP contribution is -2.12. The van der Waals surface area contributed by atoms with Crippen LogP contribution in [0.2, 0.25) is 0 Å². The van der Waals surface area contributed by atoms with Crippen molar-refractivity contribution in [3.05, 3.63) is 63.2 Å². The second-order valence-corrected chi connectivity index (χ2v) is 5.74. The summed E-state index contributed by atoms with van der Waals surface area (Å²) in [5.41, 5.74) is 3.09. The molecule has 22 heavy (non-hydrogen) atoms. The van der Waals surface area contributed by atoms with Crippen LogP contribution in [0.4, 0.5) is 11.4 Å². The number of amides is 1. The van der Waals surface area contributed by atoms with Gasteiger partial charge in [0.1, 0.15) is 0 Å². The van der Waals surface area contributed by atoms with Gasteiger partial charge < -0.3 is 5.32 Å². The molecule has 0 fully saturated rings. The van der Waals surface area contributed by atoms with E-state index in [0.29, 0.717) is 10.6 Å². The fourth-order valence-corrected chi connectivity index (χ4v) is 2.54. The van der Waals surface area contributed by atoms with Gasteiger partial charge in [-0.25, -0.2) is 0 Å². The highest BCUT2D eigenvalue weighted by Crippen LogP contribution is 2.28. The zero-order valence-electron chi connectivity index (χ0n) is 12.5. The molecule has 0 aromatic heterocycles. The lowest BCUT2D eigenvalue weighted by atomic mass is 10.1. The quantitative estimate of drug-likeness (QED) is 0.521. The van der Waals surface area contributed by atoms with Gasteiger partial charge in [-0.3, -0.25) is 14.9 Å². The summed E-state index contributed by atoms with van der Waals surface area (Å²) in [6.45, 7) is 3.95. The van der Waals surface area contributed by atoms with Gasteiger partial charge >= 0.3 is 0 Å². The van der Waals surface area contributed by atoms with Crippen molar-refractivity contribution in [3.63, 3.8) is 0 Å². The summed E-state index contributed by atoms with van der Waals surface area (Å²) < 4.78 is 0. The Labute approximate surface area is 132 Å². The van der Waals surface area contributed by atoms with Crippen LogP contribution < -0.4 is 5.32 Å². The van der Waals surface area contributed by atoms with Gasteiger partial charge in [0.15, 0.2) is 0 Å². The van der Waals surface area contributed by atoms with E-state index in [-0.39, 0.29) is 17.2 Å².